The maximum Gasteiger partial charge on any atom is 0.188 e. The Labute approximate surface area is 164 Å². The zero-order valence-corrected chi connectivity index (χ0v) is 16.4. The van der Waals surface area contributed by atoms with E-state index in [0.717, 1.165) is 12.2 Å². The van der Waals surface area contributed by atoms with Crippen LogP contribution in [-0.4, -0.2) is 32.8 Å². The van der Waals surface area contributed by atoms with Crippen LogP contribution in [0.3, 0.4) is 0 Å². The maximum atomic E-state index is 13.0. The van der Waals surface area contributed by atoms with Crippen molar-refractivity contribution >= 4 is 29.9 Å². The molecular weight excluding hydrogens is 436 g/mol. The van der Waals surface area contributed by atoms with E-state index in [1.54, 1.807) is 19.2 Å². The van der Waals surface area contributed by atoms with Crippen molar-refractivity contribution in [2.24, 2.45) is 10.7 Å². The Bertz CT molecular complexity index is 666. The molecule has 0 amide bonds. The molecule has 25 heavy (non-hydrogen) atoms. The Morgan fingerprint density at radius 3 is 2.60 bits per heavy atom. The summed E-state index contributed by atoms with van der Waals surface area (Å²) in [7, 11) is 1.64. The van der Waals surface area contributed by atoms with Gasteiger partial charge in [-0.05, 0) is 36.2 Å². The Morgan fingerprint density at radius 1 is 1.16 bits per heavy atom. The van der Waals surface area contributed by atoms with Gasteiger partial charge in [0.15, 0.2) is 5.96 Å². The van der Waals surface area contributed by atoms with E-state index in [1.807, 2.05) is 24.3 Å². The van der Waals surface area contributed by atoms with Crippen LogP contribution in [0.2, 0.25) is 0 Å². The maximum absolute atomic E-state index is 13.0. The van der Waals surface area contributed by atoms with E-state index in [0.29, 0.717) is 31.4 Å². The predicted octanol–water partition coefficient (Wildman–Crippen LogP) is 2.98. The first kappa shape index (κ1) is 21.0. The van der Waals surface area contributed by atoms with E-state index >= 15 is 0 Å². The van der Waals surface area contributed by atoms with Crippen molar-refractivity contribution in [3.05, 3.63) is 59.9 Å². The normalized spacial score (nSPS) is 10.7. The van der Waals surface area contributed by atoms with Crippen molar-refractivity contribution in [1.29, 1.82) is 0 Å². The average Bonchev–Trinajstić information content (AvgIpc) is 2.59. The van der Waals surface area contributed by atoms with E-state index in [2.05, 4.69) is 10.3 Å². The van der Waals surface area contributed by atoms with Gasteiger partial charge in [0.25, 0.3) is 0 Å². The number of halogens is 2. The number of guanidine groups is 1. The van der Waals surface area contributed by atoms with Gasteiger partial charge in [-0.2, -0.15) is 0 Å². The lowest BCUT2D eigenvalue weighted by molar-refractivity contribution is 0.320. The van der Waals surface area contributed by atoms with Gasteiger partial charge in [-0.1, -0.05) is 18.2 Å². The van der Waals surface area contributed by atoms with Gasteiger partial charge in [0.1, 0.15) is 23.9 Å². The Morgan fingerprint density at radius 2 is 1.92 bits per heavy atom. The summed E-state index contributed by atoms with van der Waals surface area (Å²) in [5, 5.41) is 2.96. The average molecular weight is 459 g/mol. The molecule has 0 unspecified atom stereocenters. The van der Waals surface area contributed by atoms with E-state index in [1.165, 1.54) is 17.7 Å². The smallest absolute Gasteiger partial charge is 0.188 e. The minimum Gasteiger partial charge on any atom is -0.497 e. The van der Waals surface area contributed by atoms with Crippen LogP contribution in [0.4, 0.5) is 4.39 Å². The van der Waals surface area contributed by atoms with Crippen molar-refractivity contribution in [1.82, 2.24) is 5.32 Å². The molecule has 0 saturated heterocycles. The van der Waals surface area contributed by atoms with Crippen LogP contribution in [0.5, 0.6) is 11.5 Å². The summed E-state index contributed by atoms with van der Waals surface area (Å²) in [5.74, 6) is 1.37. The van der Waals surface area contributed by atoms with Crippen molar-refractivity contribution in [3.63, 3.8) is 0 Å². The fraction of sp³-hybridized carbons (Fsp3) is 0.278. The number of benzene rings is 2. The van der Waals surface area contributed by atoms with Crippen molar-refractivity contribution in [3.8, 4) is 11.5 Å². The quantitative estimate of drug-likeness (QED) is 0.276. The third-order valence-corrected chi connectivity index (χ3v) is 3.31. The second-order valence-corrected chi connectivity index (χ2v) is 5.10. The molecule has 2 aromatic carbocycles. The molecule has 5 nitrogen and oxygen atoms in total. The van der Waals surface area contributed by atoms with Crippen LogP contribution in [0, 0.1) is 5.82 Å². The minimum atomic E-state index is -0.319. The number of rotatable bonds is 8. The van der Waals surface area contributed by atoms with Crippen LogP contribution >= 0.6 is 24.0 Å². The van der Waals surface area contributed by atoms with Crippen LogP contribution < -0.4 is 20.5 Å². The molecule has 0 heterocycles. The molecule has 0 aliphatic heterocycles. The van der Waals surface area contributed by atoms with Crippen molar-refractivity contribution in [2.75, 3.05) is 26.8 Å². The van der Waals surface area contributed by atoms with Crippen LogP contribution in [0.25, 0.3) is 0 Å². The number of hydrogen-bond donors (Lipinski definition) is 2. The second kappa shape index (κ2) is 11.5. The number of nitrogens with zero attached hydrogens (tertiary/aromatic N) is 1. The Hall–Kier alpha value is -2.03. The number of nitrogens with two attached hydrogens (primary N) is 1. The molecule has 0 aliphatic rings. The number of hydrogen-bond acceptors (Lipinski definition) is 3. The molecule has 0 fully saturated rings. The highest BCUT2D eigenvalue weighted by molar-refractivity contribution is 14.0. The molecule has 3 N–H and O–H groups in total. The highest BCUT2D eigenvalue weighted by Gasteiger charge is 1.97. The topological polar surface area (TPSA) is 68.9 Å². The van der Waals surface area contributed by atoms with Gasteiger partial charge in [-0.3, -0.25) is 4.99 Å². The van der Waals surface area contributed by atoms with E-state index < -0.39 is 0 Å². The molecule has 0 atom stereocenters. The number of ether oxygens (including phenoxy) is 2. The van der Waals surface area contributed by atoms with Gasteiger partial charge in [-0.15, -0.1) is 24.0 Å². The summed E-state index contributed by atoms with van der Waals surface area (Å²) < 4.78 is 23.5. The lowest BCUT2D eigenvalue weighted by Crippen LogP contribution is -2.35. The lowest BCUT2D eigenvalue weighted by atomic mass is 10.1. The zero-order chi connectivity index (χ0) is 17.2. The van der Waals surface area contributed by atoms with Gasteiger partial charge in [0, 0.05) is 12.6 Å². The van der Waals surface area contributed by atoms with Gasteiger partial charge < -0.3 is 20.5 Å². The standard InChI is InChI=1S/C18H22FN3O2.HI/c1-23-16-7-5-14(6-8-16)9-10-21-18(20)22-11-12-24-17-4-2-3-15(19)13-17;/h2-8,13H,9-12H2,1H3,(H3,20,21,22);1H. The SMILES string of the molecule is COc1ccc(CCN=C(N)NCCOc2cccc(F)c2)cc1.I. The molecular formula is C18H23FIN3O2. The summed E-state index contributed by atoms with van der Waals surface area (Å²) in [6.07, 6.45) is 0.798. The van der Waals surface area contributed by atoms with Gasteiger partial charge in [0.2, 0.25) is 0 Å². The summed E-state index contributed by atoms with van der Waals surface area (Å²) in [4.78, 5) is 4.26. The third-order valence-electron chi connectivity index (χ3n) is 3.31. The fourth-order valence-electron chi connectivity index (χ4n) is 2.06. The summed E-state index contributed by atoms with van der Waals surface area (Å²) in [6, 6.07) is 13.9. The monoisotopic (exact) mass is 459 g/mol. The molecule has 0 bridgehead atoms. The Balaban J connectivity index is 0.00000312. The van der Waals surface area contributed by atoms with Gasteiger partial charge >= 0.3 is 0 Å². The summed E-state index contributed by atoms with van der Waals surface area (Å²) >= 11 is 0. The van der Waals surface area contributed by atoms with Crippen LogP contribution in [0.1, 0.15) is 5.56 Å². The highest BCUT2D eigenvalue weighted by Crippen LogP contribution is 2.12. The fourth-order valence-corrected chi connectivity index (χ4v) is 2.06. The Kier molecular flexibility index (Phi) is 9.68. The molecule has 0 radical (unpaired) electrons. The first-order chi connectivity index (χ1) is 11.7. The minimum absolute atomic E-state index is 0. The first-order valence-corrected chi connectivity index (χ1v) is 7.72. The number of aliphatic imine (C=N–C) groups is 1. The highest BCUT2D eigenvalue weighted by atomic mass is 127. The first-order valence-electron chi connectivity index (χ1n) is 7.72. The molecule has 2 aromatic rings. The van der Waals surface area contributed by atoms with Crippen molar-refractivity contribution < 1.29 is 13.9 Å². The molecule has 136 valence electrons. The third kappa shape index (κ3) is 8.06. The van der Waals surface area contributed by atoms with E-state index in [-0.39, 0.29) is 29.8 Å². The molecule has 0 saturated carbocycles. The molecule has 0 spiro atoms. The molecule has 0 aliphatic carbocycles. The van der Waals surface area contributed by atoms with E-state index in [4.69, 9.17) is 15.2 Å². The largest absolute Gasteiger partial charge is 0.497 e. The lowest BCUT2D eigenvalue weighted by Gasteiger charge is -2.08. The number of nitrogens with one attached hydrogen (secondary N) is 1. The van der Waals surface area contributed by atoms with Gasteiger partial charge in [0.05, 0.1) is 13.7 Å². The summed E-state index contributed by atoms with van der Waals surface area (Å²) in [5.41, 5.74) is 6.96. The second-order valence-electron chi connectivity index (χ2n) is 5.10. The summed E-state index contributed by atoms with van der Waals surface area (Å²) in [6.45, 7) is 1.46. The van der Waals surface area contributed by atoms with Crippen molar-refractivity contribution in [2.45, 2.75) is 6.42 Å². The molecule has 2 rings (SSSR count). The zero-order valence-electron chi connectivity index (χ0n) is 14.1. The van der Waals surface area contributed by atoms with E-state index in [9.17, 15) is 4.39 Å². The van der Waals surface area contributed by atoms with Crippen LogP contribution in [-0.2, 0) is 6.42 Å². The number of methoxy groups -OCH3 is 1. The predicted molar refractivity (Wildman–Crippen MR) is 109 cm³/mol. The molecule has 0 aromatic heterocycles. The van der Waals surface area contributed by atoms with Crippen LogP contribution in [0.15, 0.2) is 53.5 Å². The molecule has 7 heteroatoms. The van der Waals surface area contributed by atoms with Gasteiger partial charge in [-0.25, -0.2) is 4.39 Å².